The quantitative estimate of drug-likeness (QED) is 0.329. The Morgan fingerprint density at radius 1 is 1.21 bits per heavy atom. The predicted molar refractivity (Wildman–Crippen MR) is 111 cm³/mol. The van der Waals surface area contributed by atoms with Crippen molar-refractivity contribution in [1.82, 2.24) is 10.2 Å². The van der Waals surface area contributed by atoms with Gasteiger partial charge < -0.3 is 10.6 Å². The second-order valence-corrected chi connectivity index (χ2v) is 8.44. The summed E-state index contributed by atoms with van der Waals surface area (Å²) >= 11 is 2.63. The molecule has 8 nitrogen and oxygen atoms in total. The van der Waals surface area contributed by atoms with Crippen molar-refractivity contribution < 1.29 is 9.72 Å². The maximum Gasteiger partial charge on any atom is 0.271 e. The second kappa shape index (κ2) is 8.81. The van der Waals surface area contributed by atoms with Crippen molar-refractivity contribution in [1.29, 1.82) is 0 Å². The number of nitrogens with zero attached hydrogens (tertiary/aromatic N) is 3. The van der Waals surface area contributed by atoms with Crippen LogP contribution in [0.3, 0.4) is 0 Å². The Labute approximate surface area is 169 Å². The monoisotopic (exact) mass is 415 g/mol. The van der Waals surface area contributed by atoms with Crippen LogP contribution < -0.4 is 10.6 Å². The van der Waals surface area contributed by atoms with Gasteiger partial charge in [0.2, 0.25) is 11.0 Å². The average Bonchev–Trinajstić information content (AvgIpc) is 3.10. The van der Waals surface area contributed by atoms with Crippen LogP contribution in [0.15, 0.2) is 52.9 Å². The summed E-state index contributed by atoms with van der Waals surface area (Å²) in [6, 6.07) is 13.7. The van der Waals surface area contributed by atoms with Crippen molar-refractivity contribution in [3.63, 3.8) is 0 Å². The van der Waals surface area contributed by atoms with E-state index in [9.17, 15) is 14.9 Å². The number of carbonyl (C=O) groups is 1. The molecule has 0 radical (unpaired) electrons. The van der Waals surface area contributed by atoms with Gasteiger partial charge in [-0.3, -0.25) is 14.9 Å². The molecule has 0 saturated carbocycles. The Morgan fingerprint density at radius 3 is 2.75 bits per heavy atom. The van der Waals surface area contributed by atoms with Crippen molar-refractivity contribution in [2.24, 2.45) is 0 Å². The van der Waals surface area contributed by atoms with Crippen molar-refractivity contribution >= 4 is 51.2 Å². The summed E-state index contributed by atoms with van der Waals surface area (Å²) in [4.78, 5) is 22.7. The molecule has 28 heavy (non-hydrogen) atoms. The highest BCUT2D eigenvalue weighted by Gasteiger charge is 2.18. The largest absolute Gasteiger partial charge is 0.330 e. The van der Waals surface area contributed by atoms with Gasteiger partial charge in [-0.1, -0.05) is 47.4 Å². The Morgan fingerprint density at radius 2 is 2.00 bits per heavy atom. The zero-order valence-electron chi connectivity index (χ0n) is 15.1. The highest BCUT2D eigenvalue weighted by molar-refractivity contribution is 8.02. The minimum atomic E-state index is -0.502. The molecule has 1 aromatic heterocycles. The first-order valence-electron chi connectivity index (χ1n) is 8.30. The lowest BCUT2D eigenvalue weighted by atomic mass is 10.2. The highest BCUT2D eigenvalue weighted by atomic mass is 32.2. The van der Waals surface area contributed by atoms with Crippen LogP contribution in [-0.4, -0.2) is 26.3 Å². The average molecular weight is 416 g/mol. The number of amides is 1. The van der Waals surface area contributed by atoms with Gasteiger partial charge in [-0.15, -0.1) is 10.2 Å². The van der Waals surface area contributed by atoms with Crippen LogP contribution in [0.4, 0.5) is 22.2 Å². The standard InChI is InChI=1S/C18H17N5O3S2/c1-11-6-3-4-9-15(11)20-17-21-22-18(28-17)27-12(2)16(24)19-13-7-5-8-14(10-13)23(25)26/h3-10,12H,1-2H3,(H,19,24)(H,20,21)/t12-/m0/s1. The van der Waals surface area contributed by atoms with Crippen LogP contribution >= 0.6 is 23.1 Å². The predicted octanol–water partition coefficient (Wildman–Crippen LogP) is 4.62. The van der Waals surface area contributed by atoms with Crippen molar-refractivity contribution in [3.8, 4) is 0 Å². The van der Waals surface area contributed by atoms with E-state index in [1.165, 1.54) is 41.3 Å². The summed E-state index contributed by atoms with van der Waals surface area (Å²) in [6.07, 6.45) is 0. The summed E-state index contributed by atoms with van der Waals surface area (Å²) in [6.45, 7) is 3.74. The molecular weight excluding hydrogens is 398 g/mol. The first-order valence-corrected chi connectivity index (χ1v) is 10.00. The molecule has 2 N–H and O–H groups in total. The van der Waals surface area contributed by atoms with Crippen LogP contribution in [0.1, 0.15) is 12.5 Å². The topological polar surface area (TPSA) is 110 Å². The van der Waals surface area contributed by atoms with Gasteiger partial charge in [0.1, 0.15) is 0 Å². The number of carbonyl (C=O) groups excluding carboxylic acids is 1. The fourth-order valence-electron chi connectivity index (χ4n) is 2.28. The molecule has 0 bridgehead atoms. The molecule has 1 heterocycles. The van der Waals surface area contributed by atoms with Crippen LogP contribution in [-0.2, 0) is 4.79 Å². The van der Waals surface area contributed by atoms with Crippen LogP contribution in [0.2, 0.25) is 0 Å². The van der Waals surface area contributed by atoms with Gasteiger partial charge in [-0.05, 0) is 31.5 Å². The lowest BCUT2D eigenvalue weighted by Crippen LogP contribution is -2.22. The normalized spacial score (nSPS) is 11.6. The Bertz CT molecular complexity index is 1010. The van der Waals surface area contributed by atoms with Crippen molar-refractivity contribution in [3.05, 3.63) is 64.2 Å². The third-order valence-corrected chi connectivity index (χ3v) is 5.79. The molecule has 0 aliphatic carbocycles. The second-order valence-electron chi connectivity index (χ2n) is 5.87. The zero-order valence-corrected chi connectivity index (χ0v) is 16.7. The summed E-state index contributed by atoms with van der Waals surface area (Å²) in [5, 5.41) is 25.2. The van der Waals surface area contributed by atoms with Crippen LogP contribution in [0, 0.1) is 17.0 Å². The van der Waals surface area contributed by atoms with Crippen molar-refractivity contribution in [2.75, 3.05) is 10.6 Å². The minimum Gasteiger partial charge on any atom is -0.330 e. The molecule has 1 amide bonds. The lowest BCUT2D eigenvalue weighted by Gasteiger charge is -2.10. The van der Waals surface area contributed by atoms with E-state index in [1.807, 2.05) is 31.2 Å². The van der Waals surface area contributed by atoms with Gasteiger partial charge in [0, 0.05) is 23.5 Å². The van der Waals surface area contributed by atoms with E-state index in [1.54, 1.807) is 13.0 Å². The maximum absolute atomic E-state index is 12.4. The first-order chi connectivity index (χ1) is 13.4. The summed E-state index contributed by atoms with van der Waals surface area (Å²) in [7, 11) is 0. The van der Waals surface area contributed by atoms with Gasteiger partial charge in [0.05, 0.1) is 10.2 Å². The molecule has 0 spiro atoms. The number of rotatable bonds is 7. The molecule has 0 aliphatic heterocycles. The van der Waals surface area contributed by atoms with E-state index >= 15 is 0 Å². The Hall–Kier alpha value is -2.98. The molecule has 0 fully saturated rings. The van der Waals surface area contributed by atoms with Gasteiger partial charge in [0.25, 0.3) is 5.69 Å². The van der Waals surface area contributed by atoms with Gasteiger partial charge >= 0.3 is 0 Å². The molecule has 0 aliphatic rings. The van der Waals surface area contributed by atoms with E-state index < -0.39 is 10.2 Å². The number of thioether (sulfide) groups is 1. The smallest absolute Gasteiger partial charge is 0.271 e. The zero-order chi connectivity index (χ0) is 20.1. The number of nitro benzene ring substituents is 1. The number of aromatic nitrogens is 2. The van der Waals surface area contributed by atoms with Crippen molar-refractivity contribution in [2.45, 2.75) is 23.4 Å². The van der Waals surface area contributed by atoms with E-state index in [-0.39, 0.29) is 11.6 Å². The summed E-state index contributed by atoms with van der Waals surface area (Å²) < 4.78 is 0.651. The number of hydrogen-bond acceptors (Lipinski definition) is 8. The third kappa shape index (κ3) is 5.05. The lowest BCUT2D eigenvalue weighted by molar-refractivity contribution is -0.384. The summed E-state index contributed by atoms with van der Waals surface area (Å²) in [5.41, 5.74) is 2.35. The number of non-ortho nitro benzene ring substituents is 1. The Kier molecular flexibility index (Phi) is 6.22. The first kappa shape index (κ1) is 19.8. The highest BCUT2D eigenvalue weighted by Crippen LogP contribution is 2.31. The number of nitro groups is 1. The van der Waals surface area contributed by atoms with E-state index in [4.69, 9.17) is 0 Å². The molecule has 2 aromatic carbocycles. The van der Waals surface area contributed by atoms with Crippen LogP contribution in [0.25, 0.3) is 0 Å². The molecule has 144 valence electrons. The van der Waals surface area contributed by atoms with E-state index in [0.29, 0.717) is 15.2 Å². The number of anilines is 3. The van der Waals surface area contributed by atoms with E-state index in [0.717, 1.165) is 11.3 Å². The van der Waals surface area contributed by atoms with Gasteiger partial charge in [-0.25, -0.2) is 0 Å². The number of para-hydroxylation sites is 1. The Balaban J connectivity index is 1.60. The maximum atomic E-state index is 12.4. The molecule has 3 aromatic rings. The van der Waals surface area contributed by atoms with E-state index in [2.05, 4.69) is 20.8 Å². The molecular formula is C18H17N5O3S2. The number of nitrogens with one attached hydrogen (secondary N) is 2. The number of aryl methyl sites for hydroxylation is 1. The molecule has 1 atom stereocenters. The fourth-order valence-corrected chi connectivity index (χ4v) is 4.19. The molecule has 0 unspecified atom stereocenters. The van der Waals surface area contributed by atoms with Crippen LogP contribution in [0.5, 0.6) is 0 Å². The molecule has 3 rings (SSSR count). The SMILES string of the molecule is Cc1ccccc1Nc1nnc(S[C@@H](C)C(=O)Nc2cccc([N+](=O)[O-])c2)s1. The summed E-state index contributed by atoms with van der Waals surface area (Å²) in [5.74, 6) is -0.269. The van der Waals surface area contributed by atoms with Gasteiger partial charge in [0.15, 0.2) is 4.34 Å². The minimum absolute atomic E-state index is 0.0749. The van der Waals surface area contributed by atoms with Gasteiger partial charge in [-0.2, -0.15) is 0 Å². The third-order valence-electron chi connectivity index (χ3n) is 3.76. The molecule has 10 heteroatoms. The molecule has 0 saturated heterocycles. The number of benzene rings is 2. The fraction of sp³-hybridized carbons (Fsp3) is 0.167. The number of hydrogen-bond donors (Lipinski definition) is 2.